The van der Waals surface area contributed by atoms with Crippen LogP contribution in [0.25, 0.3) is 0 Å². The van der Waals surface area contributed by atoms with Crippen LogP contribution in [0, 0.1) is 0 Å². The SMILES string of the molecule is Oc1ccc(Cc2nnc3n2N=C(c2ccc4c(c2)OCCO4)CS3)cc1. The Balaban J connectivity index is 1.47. The molecule has 3 aromatic rings. The van der Waals surface area contributed by atoms with Gasteiger partial charge in [0.2, 0.25) is 5.16 Å². The van der Waals surface area contributed by atoms with Gasteiger partial charge < -0.3 is 14.6 Å². The highest BCUT2D eigenvalue weighted by molar-refractivity contribution is 7.99. The van der Waals surface area contributed by atoms with Crippen molar-refractivity contribution in [3.8, 4) is 17.2 Å². The molecule has 5 rings (SSSR count). The molecule has 0 amide bonds. The number of aromatic nitrogens is 3. The quantitative estimate of drug-likeness (QED) is 0.752. The maximum atomic E-state index is 9.44. The largest absolute Gasteiger partial charge is 0.508 e. The zero-order valence-corrected chi connectivity index (χ0v) is 15.1. The Bertz CT molecular complexity index is 1030. The molecule has 2 aliphatic rings. The van der Waals surface area contributed by atoms with E-state index in [1.807, 2.05) is 30.3 Å². The Morgan fingerprint density at radius 1 is 1.00 bits per heavy atom. The van der Waals surface area contributed by atoms with E-state index in [-0.39, 0.29) is 5.75 Å². The molecule has 0 unspecified atom stereocenters. The summed E-state index contributed by atoms with van der Waals surface area (Å²) in [6.45, 7) is 1.14. The number of ether oxygens (including phenoxy) is 2. The highest BCUT2D eigenvalue weighted by atomic mass is 32.2. The summed E-state index contributed by atoms with van der Waals surface area (Å²) < 4.78 is 13.1. The highest BCUT2D eigenvalue weighted by Gasteiger charge is 2.21. The van der Waals surface area contributed by atoms with Crippen LogP contribution < -0.4 is 9.47 Å². The van der Waals surface area contributed by atoms with Crippen LogP contribution in [0.4, 0.5) is 0 Å². The molecule has 8 heteroatoms. The normalized spacial score (nSPS) is 15.2. The minimum absolute atomic E-state index is 0.247. The Morgan fingerprint density at radius 3 is 2.67 bits per heavy atom. The molecule has 0 bridgehead atoms. The van der Waals surface area contributed by atoms with Crippen molar-refractivity contribution in [3.63, 3.8) is 0 Å². The number of benzene rings is 2. The second-order valence-corrected chi connectivity index (χ2v) is 7.19. The molecule has 0 saturated heterocycles. The van der Waals surface area contributed by atoms with Gasteiger partial charge in [-0.15, -0.1) is 10.2 Å². The lowest BCUT2D eigenvalue weighted by Crippen LogP contribution is -2.18. The third-order valence-corrected chi connectivity index (χ3v) is 5.34. The van der Waals surface area contributed by atoms with E-state index >= 15 is 0 Å². The lowest BCUT2D eigenvalue weighted by Gasteiger charge is -2.20. The number of hydrogen-bond acceptors (Lipinski definition) is 7. The first-order valence-corrected chi connectivity index (χ1v) is 9.58. The van der Waals surface area contributed by atoms with Crippen molar-refractivity contribution >= 4 is 17.5 Å². The summed E-state index contributed by atoms with van der Waals surface area (Å²) in [6.07, 6.45) is 0.589. The zero-order chi connectivity index (χ0) is 18.2. The van der Waals surface area contributed by atoms with E-state index in [4.69, 9.17) is 14.6 Å². The summed E-state index contributed by atoms with van der Waals surface area (Å²) in [5, 5.41) is 23.5. The third-order valence-electron chi connectivity index (χ3n) is 4.41. The molecule has 0 aliphatic carbocycles. The van der Waals surface area contributed by atoms with E-state index in [0.717, 1.165) is 45.1 Å². The van der Waals surface area contributed by atoms with Crippen LogP contribution in [-0.4, -0.2) is 44.7 Å². The second kappa shape index (κ2) is 6.62. The molecule has 0 spiro atoms. The molecule has 3 heterocycles. The number of rotatable bonds is 3. The van der Waals surface area contributed by atoms with Gasteiger partial charge in [0, 0.05) is 17.7 Å². The van der Waals surface area contributed by atoms with Gasteiger partial charge in [-0.3, -0.25) is 0 Å². The molecule has 136 valence electrons. The van der Waals surface area contributed by atoms with Crippen molar-refractivity contribution in [1.82, 2.24) is 14.9 Å². The van der Waals surface area contributed by atoms with Gasteiger partial charge in [-0.1, -0.05) is 23.9 Å². The average molecular weight is 380 g/mol. The second-order valence-electron chi connectivity index (χ2n) is 6.25. The molecule has 0 atom stereocenters. The minimum Gasteiger partial charge on any atom is -0.508 e. The number of phenolic OH excluding ortho intramolecular Hbond substituents is 1. The van der Waals surface area contributed by atoms with Crippen molar-refractivity contribution in [3.05, 3.63) is 59.4 Å². The summed E-state index contributed by atoms with van der Waals surface area (Å²) in [4.78, 5) is 0. The third kappa shape index (κ3) is 3.12. The van der Waals surface area contributed by atoms with Crippen molar-refractivity contribution in [2.24, 2.45) is 5.10 Å². The molecule has 0 saturated carbocycles. The molecule has 2 aliphatic heterocycles. The summed E-state index contributed by atoms with van der Waals surface area (Å²) in [5.74, 6) is 3.25. The van der Waals surface area contributed by atoms with Crippen LogP contribution >= 0.6 is 11.8 Å². The van der Waals surface area contributed by atoms with Crippen LogP contribution in [0.2, 0.25) is 0 Å². The highest BCUT2D eigenvalue weighted by Crippen LogP contribution is 2.32. The summed E-state index contributed by atoms with van der Waals surface area (Å²) in [5.41, 5.74) is 2.98. The van der Waals surface area contributed by atoms with E-state index in [1.54, 1.807) is 28.6 Å². The standard InChI is InChI=1S/C19H16N4O3S/c24-14-4-1-12(2-5-14)9-18-20-21-19-23(18)22-15(11-27-19)13-3-6-16-17(10-13)26-8-7-25-16/h1-6,10,24H,7-9,11H2. The molecule has 2 aromatic carbocycles. The molecule has 0 radical (unpaired) electrons. The summed E-state index contributed by atoms with van der Waals surface area (Å²) in [7, 11) is 0. The van der Waals surface area contributed by atoms with E-state index in [9.17, 15) is 5.11 Å². The fourth-order valence-corrected chi connectivity index (χ4v) is 3.90. The number of fused-ring (bicyclic) bond motifs is 2. The molecule has 0 fully saturated rings. The van der Waals surface area contributed by atoms with Crippen LogP contribution in [0.5, 0.6) is 17.2 Å². The van der Waals surface area contributed by atoms with Crippen LogP contribution in [0.1, 0.15) is 17.0 Å². The Morgan fingerprint density at radius 2 is 1.81 bits per heavy atom. The van der Waals surface area contributed by atoms with E-state index in [0.29, 0.717) is 19.6 Å². The van der Waals surface area contributed by atoms with Gasteiger partial charge >= 0.3 is 0 Å². The van der Waals surface area contributed by atoms with Crippen molar-refractivity contribution < 1.29 is 14.6 Å². The number of thioether (sulfide) groups is 1. The Kier molecular flexibility index (Phi) is 3.97. The first kappa shape index (κ1) is 16.2. The molecule has 1 aromatic heterocycles. The fourth-order valence-electron chi connectivity index (χ4n) is 3.04. The predicted molar refractivity (Wildman–Crippen MR) is 101 cm³/mol. The topological polar surface area (TPSA) is 81.8 Å². The fraction of sp³-hybridized carbons (Fsp3) is 0.211. The predicted octanol–water partition coefficient (Wildman–Crippen LogP) is 2.70. The zero-order valence-electron chi connectivity index (χ0n) is 14.3. The maximum Gasteiger partial charge on any atom is 0.212 e. The minimum atomic E-state index is 0.247. The summed E-state index contributed by atoms with van der Waals surface area (Å²) >= 11 is 1.61. The van der Waals surface area contributed by atoms with Crippen molar-refractivity contribution in [2.45, 2.75) is 11.6 Å². The van der Waals surface area contributed by atoms with Gasteiger partial charge in [-0.2, -0.15) is 9.78 Å². The number of hydrogen-bond donors (Lipinski definition) is 1. The monoisotopic (exact) mass is 380 g/mol. The lowest BCUT2D eigenvalue weighted by atomic mass is 10.1. The van der Waals surface area contributed by atoms with Crippen LogP contribution in [-0.2, 0) is 6.42 Å². The number of phenols is 1. The van der Waals surface area contributed by atoms with Gasteiger partial charge in [0.15, 0.2) is 17.3 Å². The lowest BCUT2D eigenvalue weighted by molar-refractivity contribution is 0.171. The molecular formula is C19H16N4O3S. The van der Waals surface area contributed by atoms with Gasteiger partial charge in [0.25, 0.3) is 0 Å². The van der Waals surface area contributed by atoms with Crippen LogP contribution in [0.3, 0.4) is 0 Å². The Hall–Kier alpha value is -3.00. The van der Waals surface area contributed by atoms with E-state index < -0.39 is 0 Å². The van der Waals surface area contributed by atoms with E-state index in [2.05, 4.69) is 10.2 Å². The van der Waals surface area contributed by atoms with Gasteiger partial charge in [0.05, 0.1) is 5.71 Å². The van der Waals surface area contributed by atoms with Crippen molar-refractivity contribution in [2.75, 3.05) is 19.0 Å². The Labute approximate surface area is 159 Å². The molecule has 27 heavy (non-hydrogen) atoms. The van der Waals surface area contributed by atoms with Gasteiger partial charge in [-0.25, -0.2) is 0 Å². The maximum absolute atomic E-state index is 9.44. The van der Waals surface area contributed by atoms with Gasteiger partial charge in [-0.05, 0) is 35.9 Å². The molecule has 7 nitrogen and oxygen atoms in total. The average Bonchev–Trinajstić information content (AvgIpc) is 3.11. The molecular weight excluding hydrogens is 364 g/mol. The van der Waals surface area contributed by atoms with Crippen LogP contribution in [0.15, 0.2) is 52.7 Å². The number of nitrogens with zero attached hydrogens (tertiary/aromatic N) is 4. The smallest absolute Gasteiger partial charge is 0.212 e. The molecule has 1 N–H and O–H groups in total. The van der Waals surface area contributed by atoms with E-state index in [1.165, 1.54) is 0 Å². The summed E-state index contributed by atoms with van der Waals surface area (Å²) in [6, 6.07) is 13.0. The van der Waals surface area contributed by atoms with Gasteiger partial charge in [0.1, 0.15) is 19.0 Å². The first-order valence-electron chi connectivity index (χ1n) is 8.59. The first-order chi connectivity index (χ1) is 13.3. The number of aromatic hydroxyl groups is 1. The van der Waals surface area contributed by atoms with Crippen molar-refractivity contribution in [1.29, 1.82) is 0 Å².